The molecular weight excluding hydrogens is 188 g/mol. The van der Waals surface area contributed by atoms with Crippen LogP contribution in [0.5, 0.6) is 0 Å². The molecule has 1 rings (SSSR count). The Labute approximate surface area is 79.6 Å². The minimum atomic E-state index is -3.43. The molecule has 0 radical (unpaired) electrons. The van der Waals surface area contributed by atoms with Crippen molar-refractivity contribution in [3.63, 3.8) is 0 Å². The van der Waals surface area contributed by atoms with Crippen LogP contribution in [0.1, 0.15) is 27.7 Å². The predicted octanol–water partition coefficient (Wildman–Crippen LogP) is 0.956. The molecule has 1 aliphatic rings. The Morgan fingerprint density at radius 1 is 1.46 bits per heavy atom. The zero-order chi connectivity index (χ0) is 10.3. The molecule has 1 heterocycles. The van der Waals surface area contributed by atoms with Gasteiger partial charge in [-0.3, -0.25) is 0 Å². The third-order valence-corrected chi connectivity index (χ3v) is 3.20. The smallest absolute Gasteiger partial charge is 0.192 e. The van der Waals surface area contributed by atoms with Crippen LogP contribution in [0.2, 0.25) is 0 Å². The maximum absolute atomic E-state index is 11.1. The molecule has 5 heteroatoms. The first-order chi connectivity index (χ1) is 5.75. The topological polar surface area (TPSA) is 58.5 Å². The molecule has 4 nitrogen and oxygen atoms in total. The van der Waals surface area contributed by atoms with E-state index in [0.29, 0.717) is 0 Å². The number of nitrogens with zero attached hydrogens (tertiary/aromatic N) is 1. The highest BCUT2D eigenvalue weighted by Crippen LogP contribution is 2.27. The third kappa shape index (κ3) is 2.28. The van der Waals surface area contributed by atoms with Gasteiger partial charge in [-0.25, -0.2) is 0 Å². The van der Waals surface area contributed by atoms with Crippen LogP contribution in [0, 0.1) is 11.3 Å². The van der Waals surface area contributed by atoms with Crippen molar-refractivity contribution < 1.29 is 8.42 Å². The van der Waals surface area contributed by atoms with E-state index in [-0.39, 0.29) is 17.4 Å². The van der Waals surface area contributed by atoms with Crippen LogP contribution in [-0.2, 0) is 10.2 Å². The Hall–Kier alpha value is -0.420. The Morgan fingerprint density at radius 2 is 2.00 bits per heavy atom. The Balaban J connectivity index is 3.05. The van der Waals surface area contributed by atoms with Crippen LogP contribution in [0.3, 0.4) is 0 Å². The van der Waals surface area contributed by atoms with E-state index < -0.39 is 10.2 Å². The summed E-state index contributed by atoms with van der Waals surface area (Å²) in [5.41, 5.74) is -0.209. The van der Waals surface area contributed by atoms with Gasteiger partial charge in [0.25, 0.3) is 0 Å². The molecule has 0 amide bonds. The summed E-state index contributed by atoms with van der Waals surface area (Å²) in [6.07, 6.45) is 1.52. The summed E-state index contributed by atoms with van der Waals surface area (Å²) in [6.45, 7) is 7.94. The number of nitrogens with one attached hydrogen (secondary N) is 1. The van der Waals surface area contributed by atoms with Crippen molar-refractivity contribution in [1.82, 2.24) is 4.72 Å². The molecule has 0 aromatic rings. The maximum Gasteiger partial charge on any atom is 0.319 e. The summed E-state index contributed by atoms with van der Waals surface area (Å²) in [5, 5.41) is 0. The summed E-state index contributed by atoms with van der Waals surface area (Å²) >= 11 is 0. The van der Waals surface area contributed by atoms with E-state index in [1.165, 1.54) is 6.21 Å². The Kier molecular flexibility index (Phi) is 2.51. The van der Waals surface area contributed by atoms with Gasteiger partial charge in [-0.1, -0.05) is 27.7 Å². The van der Waals surface area contributed by atoms with Gasteiger partial charge < -0.3 is 0 Å². The van der Waals surface area contributed by atoms with Crippen LogP contribution in [0.15, 0.2) is 4.40 Å². The summed E-state index contributed by atoms with van der Waals surface area (Å²) < 4.78 is 28.3. The molecule has 0 saturated heterocycles. The van der Waals surface area contributed by atoms with Crippen molar-refractivity contribution in [2.24, 2.45) is 15.7 Å². The van der Waals surface area contributed by atoms with Crippen LogP contribution in [0.4, 0.5) is 0 Å². The quantitative estimate of drug-likeness (QED) is 0.691. The van der Waals surface area contributed by atoms with E-state index >= 15 is 0 Å². The second-order valence-electron chi connectivity index (χ2n) is 4.37. The third-order valence-electron chi connectivity index (χ3n) is 2.27. The van der Waals surface area contributed by atoms with Crippen molar-refractivity contribution in [3.05, 3.63) is 0 Å². The molecule has 0 saturated carbocycles. The molecule has 0 aromatic heterocycles. The minimum absolute atomic E-state index is 0.0741. The lowest BCUT2D eigenvalue weighted by Gasteiger charge is -2.36. The molecule has 1 atom stereocenters. The average molecular weight is 204 g/mol. The van der Waals surface area contributed by atoms with Crippen molar-refractivity contribution in [2.75, 3.05) is 0 Å². The monoisotopic (exact) mass is 204 g/mol. The average Bonchev–Trinajstić information content (AvgIpc) is 1.95. The van der Waals surface area contributed by atoms with Gasteiger partial charge in [-0.15, -0.1) is 0 Å². The van der Waals surface area contributed by atoms with Crippen molar-refractivity contribution in [2.45, 2.75) is 33.7 Å². The van der Waals surface area contributed by atoms with E-state index in [4.69, 9.17) is 0 Å². The van der Waals surface area contributed by atoms with Gasteiger partial charge >= 0.3 is 10.2 Å². The first kappa shape index (κ1) is 10.7. The second kappa shape index (κ2) is 3.06. The zero-order valence-corrected chi connectivity index (χ0v) is 9.22. The molecule has 76 valence electrons. The van der Waals surface area contributed by atoms with Gasteiger partial charge in [0, 0.05) is 17.7 Å². The fourth-order valence-electron chi connectivity index (χ4n) is 1.62. The van der Waals surface area contributed by atoms with Crippen molar-refractivity contribution >= 4 is 16.4 Å². The number of hydrogen-bond acceptors (Lipinski definition) is 2. The first-order valence-corrected chi connectivity index (χ1v) is 5.77. The van der Waals surface area contributed by atoms with E-state index in [9.17, 15) is 8.42 Å². The fourth-order valence-corrected chi connectivity index (χ4v) is 2.99. The van der Waals surface area contributed by atoms with E-state index in [1.54, 1.807) is 0 Å². The molecule has 1 unspecified atom stereocenters. The van der Waals surface area contributed by atoms with Gasteiger partial charge in [-0.2, -0.15) is 17.5 Å². The standard InChI is InChI=1S/C8H16N2O2S/c1-6(2)7-8(3,4)5-9-13(11,12)10-7/h5-7,10H,1-4H3. The molecule has 0 spiro atoms. The van der Waals surface area contributed by atoms with Crippen LogP contribution >= 0.6 is 0 Å². The molecule has 0 fully saturated rings. The lowest BCUT2D eigenvalue weighted by atomic mass is 9.80. The van der Waals surface area contributed by atoms with Crippen molar-refractivity contribution in [1.29, 1.82) is 0 Å². The van der Waals surface area contributed by atoms with Gasteiger partial charge in [-0.05, 0) is 5.92 Å². The highest BCUT2D eigenvalue weighted by atomic mass is 32.2. The van der Waals surface area contributed by atoms with Crippen LogP contribution < -0.4 is 4.72 Å². The van der Waals surface area contributed by atoms with Crippen LogP contribution in [-0.4, -0.2) is 20.7 Å². The molecule has 0 aliphatic carbocycles. The lowest BCUT2D eigenvalue weighted by molar-refractivity contribution is 0.298. The number of rotatable bonds is 1. The first-order valence-electron chi connectivity index (χ1n) is 4.33. The van der Waals surface area contributed by atoms with Gasteiger partial charge in [0.1, 0.15) is 0 Å². The highest BCUT2D eigenvalue weighted by molar-refractivity contribution is 7.88. The van der Waals surface area contributed by atoms with E-state index in [0.717, 1.165) is 0 Å². The molecule has 0 aromatic carbocycles. The Bertz CT molecular complexity index is 317. The highest BCUT2D eigenvalue weighted by Gasteiger charge is 2.37. The summed E-state index contributed by atoms with van der Waals surface area (Å²) in [7, 11) is -3.43. The van der Waals surface area contributed by atoms with Gasteiger partial charge in [0.2, 0.25) is 0 Å². The predicted molar refractivity (Wildman–Crippen MR) is 53.0 cm³/mol. The lowest BCUT2D eigenvalue weighted by Crippen LogP contribution is -2.51. The van der Waals surface area contributed by atoms with E-state index in [2.05, 4.69) is 9.12 Å². The largest absolute Gasteiger partial charge is 0.319 e. The Morgan fingerprint density at radius 3 is 2.38 bits per heavy atom. The summed E-state index contributed by atoms with van der Waals surface area (Å²) in [5.74, 6) is 0.261. The molecule has 1 aliphatic heterocycles. The second-order valence-corrected chi connectivity index (χ2v) is 5.77. The van der Waals surface area contributed by atoms with Gasteiger partial charge in [0.05, 0.1) is 0 Å². The molecule has 0 bridgehead atoms. The normalized spacial score (nSPS) is 30.7. The van der Waals surface area contributed by atoms with Crippen LogP contribution in [0.25, 0.3) is 0 Å². The summed E-state index contributed by atoms with van der Waals surface area (Å²) in [4.78, 5) is 0. The minimum Gasteiger partial charge on any atom is -0.192 e. The van der Waals surface area contributed by atoms with Crippen molar-refractivity contribution in [3.8, 4) is 0 Å². The summed E-state index contributed by atoms with van der Waals surface area (Å²) in [6, 6.07) is -0.0741. The molecular formula is C8H16N2O2S. The molecule has 1 N–H and O–H groups in total. The zero-order valence-electron chi connectivity index (χ0n) is 8.40. The fraction of sp³-hybridized carbons (Fsp3) is 0.875. The molecule has 13 heavy (non-hydrogen) atoms. The van der Waals surface area contributed by atoms with E-state index in [1.807, 2.05) is 27.7 Å². The SMILES string of the molecule is CC(C)C1NS(=O)(=O)N=CC1(C)C. The van der Waals surface area contributed by atoms with Gasteiger partial charge in [0.15, 0.2) is 0 Å². The number of hydrogen-bond donors (Lipinski definition) is 1. The maximum atomic E-state index is 11.1.